The van der Waals surface area contributed by atoms with Gasteiger partial charge in [0.05, 0.1) is 5.60 Å². The van der Waals surface area contributed by atoms with Gasteiger partial charge in [-0.3, -0.25) is 4.90 Å². The summed E-state index contributed by atoms with van der Waals surface area (Å²) >= 11 is 0. The van der Waals surface area contributed by atoms with Gasteiger partial charge < -0.3 is 9.84 Å². The Morgan fingerprint density at radius 2 is 2.31 bits per heavy atom. The summed E-state index contributed by atoms with van der Waals surface area (Å²) in [6.45, 7) is 6.31. The molecule has 0 bridgehead atoms. The molecule has 1 unspecified atom stereocenters. The number of hydrogen-bond acceptors (Lipinski definition) is 3. The number of nitrogens with zero attached hydrogens (tertiary/aromatic N) is 1. The normalized spacial score (nSPS) is 28.1. The molecular weight excluding hydrogens is 206 g/mol. The van der Waals surface area contributed by atoms with Crippen molar-refractivity contribution in [1.29, 1.82) is 0 Å². The van der Waals surface area contributed by atoms with Crippen LogP contribution >= 0.6 is 0 Å². The molecule has 0 spiro atoms. The van der Waals surface area contributed by atoms with E-state index in [1.54, 1.807) is 20.1 Å². The summed E-state index contributed by atoms with van der Waals surface area (Å²) in [7, 11) is 1.74. The first-order valence-electron chi connectivity index (χ1n) is 5.64. The van der Waals surface area contributed by atoms with Gasteiger partial charge >= 0.3 is 5.97 Å². The van der Waals surface area contributed by atoms with Gasteiger partial charge in [0.2, 0.25) is 0 Å². The van der Waals surface area contributed by atoms with Crippen LogP contribution in [0.4, 0.5) is 0 Å². The zero-order valence-electron chi connectivity index (χ0n) is 10.3. The fraction of sp³-hybridized carbons (Fsp3) is 0.750. The van der Waals surface area contributed by atoms with Crippen LogP contribution in [-0.4, -0.2) is 48.3 Å². The predicted octanol–water partition coefficient (Wildman–Crippen LogP) is 1.52. The fourth-order valence-corrected chi connectivity index (χ4v) is 1.98. The third-order valence-corrected chi connectivity index (χ3v) is 3.22. The third-order valence-electron chi connectivity index (χ3n) is 3.22. The summed E-state index contributed by atoms with van der Waals surface area (Å²) in [6, 6.07) is 0. The Labute approximate surface area is 96.9 Å². The third kappa shape index (κ3) is 3.61. The maximum absolute atomic E-state index is 10.6. The summed E-state index contributed by atoms with van der Waals surface area (Å²) < 4.78 is 5.48. The largest absolute Gasteiger partial charge is 0.478 e. The number of ether oxygens (including phenoxy) is 1. The quantitative estimate of drug-likeness (QED) is 0.740. The molecule has 4 heteroatoms. The maximum atomic E-state index is 10.6. The van der Waals surface area contributed by atoms with Crippen molar-refractivity contribution in [3.8, 4) is 0 Å². The second-order valence-corrected chi connectivity index (χ2v) is 4.68. The highest BCUT2D eigenvalue weighted by atomic mass is 16.5. The Bertz CT molecular complexity index is 288. The molecule has 1 fully saturated rings. The summed E-state index contributed by atoms with van der Waals surface area (Å²) in [4.78, 5) is 12.9. The number of carboxylic acid groups (broad SMARTS) is 1. The van der Waals surface area contributed by atoms with Crippen LogP contribution in [0.1, 0.15) is 26.7 Å². The van der Waals surface area contributed by atoms with Gasteiger partial charge in [-0.25, -0.2) is 4.79 Å². The van der Waals surface area contributed by atoms with Gasteiger partial charge in [0.15, 0.2) is 0 Å². The molecule has 0 radical (unpaired) electrons. The molecule has 0 amide bonds. The second-order valence-electron chi connectivity index (χ2n) is 4.68. The number of methoxy groups -OCH3 is 1. The van der Waals surface area contributed by atoms with Crippen LogP contribution in [0, 0.1) is 0 Å². The van der Waals surface area contributed by atoms with E-state index in [4.69, 9.17) is 9.84 Å². The first-order chi connectivity index (χ1) is 7.47. The number of likely N-dealkylation sites (tertiary alicyclic amines) is 1. The number of carbonyl (C=O) groups is 1. The lowest BCUT2D eigenvalue weighted by atomic mass is 9.95. The average molecular weight is 227 g/mol. The van der Waals surface area contributed by atoms with Crippen LogP contribution in [0.2, 0.25) is 0 Å². The topological polar surface area (TPSA) is 49.8 Å². The number of rotatable bonds is 4. The minimum absolute atomic E-state index is 0.0801. The molecule has 1 aliphatic heterocycles. The zero-order valence-corrected chi connectivity index (χ0v) is 10.3. The number of piperidine rings is 1. The molecule has 16 heavy (non-hydrogen) atoms. The highest BCUT2D eigenvalue weighted by Crippen LogP contribution is 2.23. The zero-order chi connectivity index (χ0) is 12.2. The first-order valence-corrected chi connectivity index (χ1v) is 5.64. The summed E-state index contributed by atoms with van der Waals surface area (Å²) in [5, 5.41) is 8.75. The van der Waals surface area contributed by atoms with Crippen molar-refractivity contribution in [2.45, 2.75) is 32.3 Å². The lowest BCUT2D eigenvalue weighted by molar-refractivity contribution is -0.132. The van der Waals surface area contributed by atoms with E-state index < -0.39 is 5.97 Å². The molecule has 1 atom stereocenters. The highest BCUT2D eigenvalue weighted by Gasteiger charge is 2.30. The molecule has 0 saturated carbocycles. The van der Waals surface area contributed by atoms with Crippen LogP contribution < -0.4 is 0 Å². The van der Waals surface area contributed by atoms with Crippen LogP contribution in [0.25, 0.3) is 0 Å². The van der Waals surface area contributed by atoms with Gasteiger partial charge in [-0.15, -0.1) is 0 Å². The van der Waals surface area contributed by atoms with Crippen molar-refractivity contribution in [3.05, 3.63) is 11.6 Å². The molecule has 0 aliphatic carbocycles. The Morgan fingerprint density at radius 3 is 2.88 bits per heavy atom. The minimum Gasteiger partial charge on any atom is -0.478 e. The van der Waals surface area contributed by atoms with Gasteiger partial charge in [-0.2, -0.15) is 0 Å². The smallest absolute Gasteiger partial charge is 0.330 e. The van der Waals surface area contributed by atoms with Crippen molar-refractivity contribution in [2.75, 3.05) is 26.7 Å². The summed E-state index contributed by atoms with van der Waals surface area (Å²) in [5.74, 6) is -0.841. The van der Waals surface area contributed by atoms with Crippen molar-refractivity contribution in [1.82, 2.24) is 4.90 Å². The molecule has 0 aromatic carbocycles. The van der Waals surface area contributed by atoms with Crippen LogP contribution in [-0.2, 0) is 9.53 Å². The molecule has 1 N–H and O–H groups in total. The van der Waals surface area contributed by atoms with E-state index in [2.05, 4.69) is 11.8 Å². The van der Waals surface area contributed by atoms with Crippen LogP contribution in [0.15, 0.2) is 11.6 Å². The van der Waals surface area contributed by atoms with Crippen LogP contribution in [0.3, 0.4) is 0 Å². The summed E-state index contributed by atoms with van der Waals surface area (Å²) in [6.07, 6.45) is 3.94. The molecular formula is C12H21NO3. The van der Waals surface area contributed by atoms with Crippen molar-refractivity contribution in [2.24, 2.45) is 0 Å². The van der Waals surface area contributed by atoms with E-state index in [0.717, 1.165) is 25.9 Å². The van der Waals surface area contributed by atoms with Gasteiger partial charge in [-0.05, 0) is 33.2 Å². The predicted molar refractivity (Wildman–Crippen MR) is 62.5 cm³/mol. The average Bonchev–Trinajstić information content (AvgIpc) is 2.26. The maximum Gasteiger partial charge on any atom is 0.330 e. The van der Waals surface area contributed by atoms with E-state index >= 15 is 0 Å². The molecule has 92 valence electrons. The first kappa shape index (κ1) is 13.2. The lowest BCUT2D eigenvalue weighted by Crippen LogP contribution is -2.47. The summed E-state index contributed by atoms with van der Waals surface area (Å²) in [5.41, 5.74) is 0.327. The van der Waals surface area contributed by atoms with Crippen molar-refractivity contribution >= 4 is 5.97 Å². The van der Waals surface area contributed by atoms with Crippen molar-refractivity contribution in [3.63, 3.8) is 0 Å². The molecule has 1 aliphatic rings. The van der Waals surface area contributed by atoms with Gasteiger partial charge in [0.25, 0.3) is 0 Å². The molecule has 1 heterocycles. The molecule has 0 aromatic heterocycles. The Hall–Kier alpha value is -0.870. The molecule has 4 nitrogen and oxygen atoms in total. The standard InChI is InChI=1S/C12H21NO3/c1-10(11(14)15)5-8-13-7-4-6-12(2,9-13)16-3/h5H,4,6-9H2,1-3H3,(H,14,15)/b10-5-. The molecule has 0 aromatic rings. The van der Waals surface area contributed by atoms with Gasteiger partial charge in [-0.1, -0.05) is 6.08 Å². The number of aliphatic carboxylic acids is 1. The SMILES string of the molecule is COC1(C)CCCN(C/C=C(/C)C(=O)O)C1. The lowest BCUT2D eigenvalue weighted by Gasteiger charge is -2.39. The molecule has 1 rings (SSSR count). The fourth-order valence-electron chi connectivity index (χ4n) is 1.98. The molecule has 1 saturated heterocycles. The van der Waals surface area contributed by atoms with Gasteiger partial charge in [0, 0.05) is 25.8 Å². The highest BCUT2D eigenvalue weighted by molar-refractivity contribution is 5.85. The van der Waals surface area contributed by atoms with E-state index in [0.29, 0.717) is 12.1 Å². The Balaban J connectivity index is 2.50. The van der Waals surface area contributed by atoms with Crippen LogP contribution in [0.5, 0.6) is 0 Å². The number of carboxylic acids is 1. The van der Waals surface area contributed by atoms with Crippen molar-refractivity contribution < 1.29 is 14.6 Å². The number of hydrogen-bond donors (Lipinski definition) is 1. The Morgan fingerprint density at radius 1 is 1.62 bits per heavy atom. The Kier molecular flexibility index (Phi) is 4.50. The van der Waals surface area contributed by atoms with E-state index in [9.17, 15) is 4.79 Å². The van der Waals surface area contributed by atoms with E-state index in [-0.39, 0.29) is 5.60 Å². The second kappa shape index (κ2) is 5.46. The van der Waals surface area contributed by atoms with E-state index in [1.165, 1.54) is 0 Å². The minimum atomic E-state index is -0.841. The monoisotopic (exact) mass is 227 g/mol. The van der Waals surface area contributed by atoms with E-state index in [1.807, 2.05) is 0 Å². The van der Waals surface area contributed by atoms with Gasteiger partial charge in [0.1, 0.15) is 0 Å².